The first-order valence-corrected chi connectivity index (χ1v) is 7.50. The van der Waals surface area contributed by atoms with Crippen molar-refractivity contribution in [2.24, 2.45) is 0 Å². The molecule has 2 aromatic carbocycles. The van der Waals surface area contributed by atoms with Crippen LogP contribution < -0.4 is 16.4 Å². The van der Waals surface area contributed by atoms with E-state index in [0.717, 1.165) is 16.7 Å². The minimum Gasteiger partial charge on any atom is -0.305 e. The maximum absolute atomic E-state index is 12.1. The van der Waals surface area contributed by atoms with Crippen molar-refractivity contribution in [1.82, 2.24) is 20.6 Å². The average molecular weight is 319 g/mol. The van der Waals surface area contributed by atoms with Crippen molar-refractivity contribution in [3.63, 3.8) is 0 Å². The molecule has 0 fully saturated rings. The summed E-state index contributed by atoms with van der Waals surface area (Å²) < 4.78 is 0. The number of hydrogen-bond acceptors (Lipinski definition) is 5. The fourth-order valence-corrected chi connectivity index (χ4v) is 2.18. The lowest BCUT2D eigenvalue weighted by Gasteiger charge is -2.07. The minimum atomic E-state index is -0.302. The van der Waals surface area contributed by atoms with Crippen molar-refractivity contribution in [2.75, 3.05) is 5.43 Å². The largest absolute Gasteiger partial charge is 0.305 e. The lowest BCUT2D eigenvalue weighted by molar-refractivity contribution is 0.907. The van der Waals surface area contributed by atoms with Gasteiger partial charge < -0.3 is 5.43 Å². The number of nitrogens with zero attached hydrogens (tertiary/aromatic N) is 2. The second-order valence-electron chi connectivity index (χ2n) is 5.18. The molecule has 0 saturated carbocycles. The van der Waals surface area contributed by atoms with Gasteiger partial charge in [-0.15, -0.1) is 10.2 Å². The molecule has 3 aromatic rings. The molecule has 24 heavy (non-hydrogen) atoms. The normalized spacial score (nSPS) is 11.1. The van der Waals surface area contributed by atoms with E-state index in [-0.39, 0.29) is 17.2 Å². The maximum atomic E-state index is 12.1. The van der Waals surface area contributed by atoms with Gasteiger partial charge in [-0.3, -0.25) is 15.2 Å². The van der Waals surface area contributed by atoms with Crippen LogP contribution in [0.4, 0.5) is 5.95 Å². The molecule has 0 aliphatic rings. The number of H-pyrrole nitrogens is 1. The molecule has 0 saturated heterocycles. The molecule has 0 aliphatic heterocycles. The van der Waals surface area contributed by atoms with Crippen LogP contribution in [-0.2, 0) is 0 Å². The van der Waals surface area contributed by atoms with Gasteiger partial charge in [-0.25, -0.2) is 0 Å². The van der Waals surface area contributed by atoms with Gasteiger partial charge >= 0.3 is 0 Å². The van der Waals surface area contributed by atoms with Crippen LogP contribution in [0.3, 0.4) is 0 Å². The first kappa shape index (κ1) is 15.5. The van der Waals surface area contributed by atoms with E-state index in [1.807, 2.05) is 67.6 Å². The van der Waals surface area contributed by atoms with E-state index in [0.29, 0.717) is 0 Å². The highest BCUT2D eigenvalue weighted by Crippen LogP contribution is 2.12. The van der Waals surface area contributed by atoms with E-state index in [2.05, 4.69) is 26.0 Å². The van der Waals surface area contributed by atoms with Gasteiger partial charge in [0.05, 0.1) is 0 Å². The predicted octanol–water partition coefficient (Wildman–Crippen LogP) is 2.81. The Morgan fingerprint density at radius 2 is 1.67 bits per heavy atom. The van der Waals surface area contributed by atoms with Crippen LogP contribution >= 0.6 is 0 Å². The zero-order chi connectivity index (χ0) is 16.8. The minimum absolute atomic E-state index is 0.247. The Labute approximate surface area is 139 Å². The van der Waals surface area contributed by atoms with Crippen LogP contribution in [0.1, 0.15) is 12.5 Å². The van der Waals surface area contributed by atoms with Crippen LogP contribution in [0.5, 0.6) is 0 Å². The summed E-state index contributed by atoms with van der Waals surface area (Å²) in [6.45, 7) is 1.98. The first-order chi connectivity index (χ1) is 11.7. The fraction of sp³-hybridized carbons (Fsp3) is 0.0556. The summed E-state index contributed by atoms with van der Waals surface area (Å²) in [5.74, 6) is 0.247. The molecule has 1 heterocycles. The zero-order valence-electron chi connectivity index (χ0n) is 13.2. The smallest absolute Gasteiger partial charge is 0.279 e. The lowest BCUT2D eigenvalue weighted by atomic mass is 10.1. The Hall–Kier alpha value is -3.41. The number of allylic oxidation sites excluding steroid dienone is 1. The van der Waals surface area contributed by atoms with Crippen LogP contribution in [0.25, 0.3) is 16.8 Å². The molecule has 0 atom stereocenters. The molecule has 3 N–H and O–H groups in total. The van der Waals surface area contributed by atoms with Crippen molar-refractivity contribution in [1.29, 1.82) is 0 Å². The van der Waals surface area contributed by atoms with E-state index in [4.69, 9.17) is 0 Å². The third-order valence-corrected chi connectivity index (χ3v) is 3.45. The number of aromatic nitrogens is 3. The van der Waals surface area contributed by atoms with E-state index >= 15 is 0 Å². The van der Waals surface area contributed by atoms with Gasteiger partial charge in [0, 0.05) is 11.8 Å². The Bertz CT molecular complexity index is 888. The van der Waals surface area contributed by atoms with E-state index in [9.17, 15) is 4.79 Å². The molecule has 0 spiro atoms. The second-order valence-corrected chi connectivity index (χ2v) is 5.18. The van der Waals surface area contributed by atoms with Crippen LogP contribution in [0.15, 0.2) is 71.7 Å². The van der Waals surface area contributed by atoms with Gasteiger partial charge in [-0.05, 0) is 18.1 Å². The average Bonchev–Trinajstić information content (AvgIpc) is 2.63. The molecule has 0 radical (unpaired) electrons. The Kier molecular flexibility index (Phi) is 4.67. The summed E-state index contributed by atoms with van der Waals surface area (Å²) in [4.78, 5) is 14.8. The van der Waals surface area contributed by atoms with Crippen molar-refractivity contribution in [3.8, 4) is 11.3 Å². The molecule has 6 nitrogen and oxygen atoms in total. The molecule has 3 rings (SSSR count). The highest BCUT2D eigenvalue weighted by atomic mass is 16.1. The van der Waals surface area contributed by atoms with Crippen molar-refractivity contribution in [3.05, 3.63) is 82.8 Å². The monoisotopic (exact) mass is 319 g/mol. The first-order valence-electron chi connectivity index (χ1n) is 7.50. The predicted molar refractivity (Wildman–Crippen MR) is 94.9 cm³/mol. The summed E-state index contributed by atoms with van der Waals surface area (Å²) in [6, 6.07) is 19.2. The standard InChI is InChI=1S/C18H17N5O/c1-13(14-8-4-2-5-9-14)12-19-22-18-20-17(24)16(21-23-18)15-10-6-3-7-11-15/h2-12,19H,1H3,(H2,20,22,23,24)/b13-12-. The quantitative estimate of drug-likeness (QED) is 0.630. The van der Waals surface area contributed by atoms with Crippen molar-refractivity contribution >= 4 is 11.5 Å². The highest BCUT2D eigenvalue weighted by Gasteiger charge is 2.06. The summed E-state index contributed by atoms with van der Waals surface area (Å²) in [5, 5.41) is 7.96. The number of rotatable bonds is 5. The Morgan fingerprint density at radius 1 is 1.00 bits per heavy atom. The van der Waals surface area contributed by atoms with Gasteiger partial charge in [0.15, 0.2) is 5.69 Å². The number of aromatic amines is 1. The number of anilines is 1. The third kappa shape index (κ3) is 3.67. The molecular weight excluding hydrogens is 302 g/mol. The third-order valence-electron chi connectivity index (χ3n) is 3.45. The van der Waals surface area contributed by atoms with Gasteiger partial charge in [-0.2, -0.15) is 0 Å². The van der Waals surface area contributed by atoms with Crippen molar-refractivity contribution in [2.45, 2.75) is 6.92 Å². The molecule has 1 aromatic heterocycles. The topological polar surface area (TPSA) is 82.7 Å². The highest BCUT2D eigenvalue weighted by molar-refractivity contribution is 5.63. The molecule has 0 bridgehead atoms. The fourth-order valence-electron chi connectivity index (χ4n) is 2.18. The summed E-state index contributed by atoms with van der Waals surface area (Å²) in [7, 11) is 0. The number of nitrogens with one attached hydrogen (secondary N) is 3. The molecule has 0 aliphatic carbocycles. The van der Waals surface area contributed by atoms with Gasteiger partial charge in [0.25, 0.3) is 5.56 Å². The molecule has 6 heteroatoms. The van der Waals surface area contributed by atoms with Gasteiger partial charge in [0.2, 0.25) is 5.95 Å². The van der Waals surface area contributed by atoms with Crippen molar-refractivity contribution < 1.29 is 0 Å². The lowest BCUT2D eigenvalue weighted by Crippen LogP contribution is -2.22. The number of hydrogen-bond donors (Lipinski definition) is 3. The number of benzene rings is 2. The summed E-state index contributed by atoms with van der Waals surface area (Å²) >= 11 is 0. The maximum Gasteiger partial charge on any atom is 0.279 e. The SMILES string of the molecule is C/C(=C/NNc1nnc(-c2ccccc2)c(=O)[nH]1)c1ccccc1. The Morgan fingerprint density at radius 3 is 2.33 bits per heavy atom. The van der Waals surface area contributed by atoms with Crippen LogP contribution in [0.2, 0.25) is 0 Å². The second kappa shape index (κ2) is 7.23. The van der Waals surface area contributed by atoms with E-state index < -0.39 is 0 Å². The zero-order valence-corrected chi connectivity index (χ0v) is 13.2. The molecular formula is C18H17N5O. The molecule has 0 unspecified atom stereocenters. The van der Waals surface area contributed by atoms with E-state index in [1.165, 1.54) is 0 Å². The molecule has 0 amide bonds. The molecule has 120 valence electrons. The van der Waals surface area contributed by atoms with Gasteiger partial charge in [-0.1, -0.05) is 60.7 Å². The number of hydrazine groups is 1. The van der Waals surface area contributed by atoms with Crippen LogP contribution in [0, 0.1) is 0 Å². The summed E-state index contributed by atoms with van der Waals surface area (Å²) in [6.07, 6.45) is 1.79. The van der Waals surface area contributed by atoms with E-state index in [1.54, 1.807) is 6.20 Å². The van der Waals surface area contributed by atoms with Gasteiger partial charge in [0.1, 0.15) is 0 Å². The summed E-state index contributed by atoms with van der Waals surface area (Å²) in [5.41, 5.74) is 8.57. The van der Waals surface area contributed by atoms with Crippen LogP contribution in [-0.4, -0.2) is 15.2 Å². The Balaban J connectivity index is 1.69.